The zero-order valence-corrected chi connectivity index (χ0v) is 14.7. The van der Waals surface area contributed by atoms with E-state index in [9.17, 15) is 16.8 Å². The van der Waals surface area contributed by atoms with E-state index in [1.54, 1.807) is 13.0 Å². The second-order valence-electron chi connectivity index (χ2n) is 5.17. The molecule has 1 aromatic rings. The van der Waals surface area contributed by atoms with Gasteiger partial charge in [0.25, 0.3) is 0 Å². The summed E-state index contributed by atoms with van der Waals surface area (Å²) in [5.74, 6) is 0.0274. The predicted octanol–water partition coefficient (Wildman–Crippen LogP) is 1.20. The molecule has 21 heavy (non-hydrogen) atoms. The van der Waals surface area contributed by atoms with Crippen molar-refractivity contribution in [1.29, 1.82) is 0 Å². The molecular weight excluding hydrogens is 380 g/mol. The Morgan fingerprint density at radius 3 is 2.43 bits per heavy atom. The molecule has 0 unspecified atom stereocenters. The molecular formula is C12H17BrN2O4S2. The Bertz CT molecular complexity index is 746. The second kappa shape index (κ2) is 5.86. The Balaban J connectivity index is 2.24. The monoisotopic (exact) mass is 396 g/mol. The van der Waals surface area contributed by atoms with Gasteiger partial charge in [-0.15, -0.1) is 0 Å². The van der Waals surface area contributed by atoms with Crippen molar-refractivity contribution in [3.63, 3.8) is 0 Å². The van der Waals surface area contributed by atoms with Crippen LogP contribution >= 0.6 is 15.9 Å². The molecule has 6 nitrogen and oxygen atoms in total. The second-order valence-corrected chi connectivity index (χ2v) is 10.1. The molecule has 1 aliphatic heterocycles. The minimum atomic E-state index is -3.73. The number of hydrogen-bond acceptors (Lipinski definition) is 5. The van der Waals surface area contributed by atoms with Crippen LogP contribution in [0.3, 0.4) is 0 Å². The van der Waals surface area contributed by atoms with Crippen LogP contribution in [0, 0.1) is 6.92 Å². The van der Waals surface area contributed by atoms with Crippen LogP contribution in [0.5, 0.6) is 0 Å². The average molecular weight is 397 g/mol. The third kappa shape index (κ3) is 3.97. The number of nitrogens with two attached hydrogens (primary N) is 1. The third-order valence-corrected chi connectivity index (χ3v) is 7.35. The van der Waals surface area contributed by atoms with E-state index in [2.05, 4.69) is 20.7 Å². The Morgan fingerprint density at radius 2 is 1.86 bits per heavy atom. The van der Waals surface area contributed by atoms with Crippen LogP contribution in [-0.4, -0.2) is 34.4 Å². The first kappa shape index (κ1) is 16.7. The number of rotatable bonds is 3. The summed E-state index contributed by atoms with van der Waals surface area (Å²) in [6.07, 6.45) is 0.591. The summed E-state index contributed by atoms with van der Waals surface area (Å²) in [5, 5.41) is 0. The van der Waals surface area contributed by atoms with Gasteiger partial charge >= 0.3 is 0 Å². The van der Waals surface area contributed by atoms with Crippen LogP contribution in [0.1, 0.15) is 18.4 Å². The molecule has 0 atom stereocenters. The zero-order valence-electron chi connectivity index (χ0n) is 11.5. The molecule has 0 amide bonds. The summed E-state index contributed by atoms with van der Waals surface area (Å²) < 4.78 is 50.8. The summed E-state index contributed by atoms with van der Waals surface area (Å²) in [4.78, 5) is 0.114. The normalized spacial score (nSPS) is 19.5. The van der Waals surface area contributed by atoms with Crippen molar-refractivity contribution in [1.82, 2.24) is 4.72 Å². The lowest BCUT2D eigenvalue weighted by molar-refractivity contribution is 0.505. The summed E-state index contributed by atoms with van der Waals surface area (Å²) in [6, 6.07) is 2.77. The van der Waals surface area contributed by atoms with E-state index in [-0.39, 0.29) is 22.4 Å². The fourth-order valence-corrected chi connectivity index (χ4v) is 5.97. The number of benzene rings is 1. The van der Waals surface area contributed by atoms with Gasteiger partial charge in [-0.1, -0.05) is 15.9 Å². The largest absolute Gasteiger partial charge is 0.398 e. The molecule has 1 saturated heterocycles. The predicted molar refractivity (Wildman–Crippen MR) is 85.3 cm³/mol. The van der Waals surface area contributed by atoms with Gasteiger partial charge < -0.3 is 5.73 Å². The third-order valence-electron chi connectivity index (χ3n) is 3.53. The summed E-state index contributed by atoms with van der Waals surface area (Å²) in [6.45, 7) is 1.64. The highest BCUT2D eigenvalue weighted by atomic mass is 79.9. The Morgan fingerprint density at radius 1 is 1.29 bits per heavy atom. The Labute approximate surface area is 133 Å². The van der Waals surface area contributed by atoms with Crippen molar-refractivity contribution >= 4 is 41.5 Å². The molecule has 0 spiro atoms. The number of nitrogen functional groups attached to an aromatic ring is 1. The van der Waals surface area contributed by atoms with Gasteiger partial charge in [0.15, 0.2) is 0 Å². The van der Waals surface area contributed by atoms with Crippen molar-refractivity contribution in [2.24, 2.45) is 0 Å². The molecule has 9 heteroatoms. The van der Waals surface area contributed by atoms with E-state index >= 15 is 0 Å². The fraction of sp³-hybridized carbons (Fsp3) is 0.500. The van der Waals surface area contributed by atoms with E-state index in [4.69, 9.17) is 5.73 Å². The van der Waals surface area contributed by atoms with Crippen LogP contribution < -0.4 is 10.5 Å². The first-order chi connectivity index (χ1) is 9.61. The van der Waals surface area contributed by atoms with E-state index in [1.807, 2.05) is 0 Å². The first-order valence-electron chi connectivity index (χ1n) is 6.39. The number of anilines is 1. The minimum Gasteiger partial charge on any atom is -0.398 e. The molecule has 0 saturated carbocycles. The van der Waals surface area contributed by atoms with E-state index < -0.39 is 19.9 Å². The molecule has 2 rings (SSSR count). The van der Waals surface area contributed by atoms with Crippen molar-refractivity contribution in [3.05, 3.63) is 22.2 Å². The minimum absolute atomic E-state index is 0.0137. The van der Waals surface area contributed by atoms with Crippen molar-refractivity contribution in [3.8, 4) is 0 Å². The van der Waals surface area contributed by atoms with Crippen LogP contribution in [0.4, 0.5) is 5.69 Å². The topological polar surface area (TPSA) is 106 Å². The highest BCUT2D eigenvalue weighted by Gasteiger charge is 2.28. The lowest BCUT2D eigenvalue weighted by Crippen LogP contribution is -2.41. The maximum Gasteiger partial charge on any atom is 0.241 e. The average Bonchev–Trinajstić information content (AvgIpc) is 2.36. The highest BCUT2D eigenvalue weighted by molar-refractivity contribution is 9.10. The van der Waals surface area contributed by atoms with E-state index in [0.717, 1.165) is 0 Å². The summed E-state index contributed by atoms with van der Waals surface area (Å²) in [7, 11) is -6.75. The van der Waals surface area contributed by atoms with Crippen LogP contribution in [0.15, 0.2) is 21.5 Å². The van der Waals surface area contributed by atoms with Gasteiger partial charge in [0.05, 0.1) is 16.4 Å². The van der Waals surface area contributed by atoms with Gasteiger partial charge in [-0.3, -0.25) is 0 Å². The maximum absolute atomic E-state index is 12.5. The standard InChI is InChI=1S/C12H17BrN2O4S2/c1-8-11(14)6-9(13)7-12(8)21(18,19)15-10-2-4-20(16,17)5-3-10/h6-7,10,15H,2-5,14H2,1H3. The maximum atomic E-state index is 12.5. The molecule has 1 heterocycles. The molecule has 0 aromatic heterocycles. The number of halogens is 1. The van der Waals surface area contributed by atoms with Gasteiger partial charge in [0, 0.05) is 16.2 Å². The summed E-state index contributed by atoms with van der Waals surface area (Å²) >= 11 is 3.23. The molecule has 1 aromatic carbocycles. The van der Waals surface area contributed by atoms with E-state index in [1.165, 1.54) is 6.07 Å². The SMILES string of the molecule is Cc1c(N)cc(Br)cc1S(=O)(=O)NC1CCS(=O)(=O)CC1. The molecule has 0 bridgehead atoms. The van der Waals surface area contributed by atoms with Crippen LogP contribution in [0.25, 0.3) is 0 Å². The zero-order chi connectivity index (χ0) is 15.8. The lowest BCUT2D eigenvalue weighted by atomic mass is 10.2. The Hall–Kier alpha value is -0.640. The fourth-order valence-electron chi connectivity index (χ4n) is 2.24. The van der Waals surface area contributed by atoms with E-state index in [0.29, 0.717) is 28.6 Å². The van der Waals surface area contributed by atoms with Crippen molar-refractivity contribution in [2.75, 3.05) is 17.2 Å². The van der Waals surface area contributed by atoms with Crippen LogP contribution in [-0.2, 0) is 19.9 Å². The molecule has 1 aliphatic rings. The van der Waals surface area contributed by atoms with Gasteiger partial charge in [-0.05, 0) is 37.5 Å². The van der Waals surface area contributed by atoms with Crippen LogP contribution in [0.2, 0.25) is 0 Å². The van der Waals surface area contributed by atoms with Crippen molar-refractivity contribution < 1.29 is 16.8 Å². The van der Waals surface area contributed by atoms with Gasteiger partial charge in [-0.25, -0.2) is 21.6 Å². The lowest BCUT2D eigenvalue weighted by Gasteiger charge is -2.23. The molecule has 0 radical (unpaired) electrons. The Kier molecular flexibility index (Phi) is 4.67. The molecule has 1 fully saturated rings. The smallest absolute Gasteiger partial charge is 0.241 e. The number of sulfonamides is 1. The highest BCUT2D eigenvalue weighted by Crippen LogP contribution is 2.27. The number of nitrogens with one attached hydrogen (secondary N) is 1. The summed E-state index contributed by atoms with van der Waals surface area (Å²) in [5.41, 5.74) is 6.65. The van der Waals surface area contributed by atoms with Gasteiger partial charge in [0.2, 0.25) is 10.0 Å². The number of hydrogen-bond donors (Lipinski definition) is 2. The molecule has 3 N–H and O–H groups in total. The van der Waals surface area contributed by atoms with Gasteiger partial charge in [-0.2, -0.15) is 0 Å². The molecule has 118 valence electrons. The molecule has 0 aliphatic carbocycles. The quantitative estimate of drug-likeness (QED) is 0.746. The number of sulfone groups is 1. The van der Waals surface area contributed by atoms with Gasteiger partial charge in [0.1, 0.15) is 9.84 Å². The van der Waals surface area contributed by atoms with Crippen molar-refractivity contribution in [2.45, 2.75) is 30.7 Å². The first-order valence-corrected chi connectivity index (χ1v) is 10.5.